The number of piperidine rings is 1. The summed E-state index contributed by atoms with van der Waals surface area (Å²) in [5, 5.41) is 16.1. The van der Waals surface area contributed by atoms with Crippen molar-refractivity contribution in [1.29, 1.82) is 0 Å². The fourth-order valence-corrected chi connectivity index (χ4v) is 3.81. The molecule has 0 aromatic carbocycles. The Morgan fingerprint density at radius 1 is 1.30 bits per heavy atom. The van der Waals surface area contributed by atoms with Gasteiger partial charge in [0.2, 0.25) is 11.9 Å². The minimum Gasteiger partial charge on any atom is -0.352 e. The minimum atomic E-state index is -0.0490. The highest BCUT2D eigenvalue weighted by atomic mass is 16.1. The summed E-state index contributed by atoms with van der Waals surface area (Å²) in [6.45, 7) is 6.08. The van der Waals surface area contributed by atoms with Gasteiger partial charge in [0.25, 0.3) is 0 Å². The highest BCUT2D eigenvalue weighted by Gasteiger charge is 2.28. The topological polar surface area (TPSA) is 80.3 Å². The number of rotatable bonds is 4. The molecule has 0 radical (unpaired) electrons. The SMILES string of the molecule is Cc1nn(C)c(C)c1CNC(=O)[C@H]1CCCN(c2nnc3ccccn23)C1. The first-order valence-corrected chi connectivity index (χ1v) is 9.36. The van der Waals surface area contributed by atoms with E-state index in [4.69, 9.17) is 0 Å². The molecule has 0 aliphatic carbocycles. The molecule has 8 heteroatoms. The molecule has 0 saturated carbocycles. The van der Waals surface area contributed by atoms with Crippen molar-refractivity contribution < 1.29 is 4.79 Å². The summed E-state index contributed by atoms with van der Waals surface area (Å²) in [7, 11) is 1.93. The van der Waals surface area contributed by atoms with Crippen molar-refractivity contribution >= 4 is 17.5 Å². The molecule has 0 unspecified atom stereocenters. The van der Waals surface area contributed by atoms with Crippen molar-refractivity contribution in [2.24, 2.45) is 13.0 Å². The summed E-state index contributed by atoms with van der Waals surface area (Å²) in [4.78, 5) is 14.9. The zero-order chi connectivity index (χ0) is 19.0. The summed E-state index contributed by atoms with van der Waals surface area (Å²) in [5.74, 6) is 0.852. The number of aromatic nitrogens is 5. The Kier molecular flexibility index (Phi) is 4.55. The number of carbonyl (C=O) groups is 1. The molecule has 1 saturated heterocycles. The number of nitrogens with one attached hydrogen (secondary N) is 1. The van der Waals surface area contributed by atoms with E-state index in [-0.39, 0.29) is 11.8 Å². The van der Waals surface area contributed by atoms with Crippen molar-refractivity contribution in [2.75, 3.05) is 18.0 Å². The number of hydrogen-bond acceptors (Lipinski definition) is 5. The predicted molar refractivity (Wildman–Crippen MR) is 102 cm³/mol. The van der Waals surface area contributed by atoms with Crippen molar-refractivity contribution in [1.82, 2.24) is 29.7 Å². The van der Waals surface area contributed by atoms with Crippen LogP contribution in [0.3, 0.4) is 0 Å². The number of carbonyl (C=O) groups excluding carboxylic acids is 1. The summed E-state index contributed by atoms with van der Waals surface area (Å²) < 4.78 is 3.83. The average Bonchev–Trinajstić information content (AvgIpc) is 3.21. The van der Waals surface area contributed by atoms with Gasteiger partial charge in [0.05, 0.1) is 11.6 Å². The van der Waals surface area contributed by atoms with Crippen LogP contribution in [-0.4, -0.2) is 43.4 Å². The molecule has 4 heterocycles. The molecular formula is C19H25N7O. The molecule has 0 spiro atoms. The third-order valence-electron chi connectivity index (χ3n) is 5.47. The standard InChI is InChI=1S/C19H25N7O/c1-13-16(14(2)24(3)23-13)11-20-18(27)15-7-6-9-25(12-15)19-22-21-17-8-4-5-10-26(17)19/h4-5,8,10,15H,6-7,9,11-12H2,1-3H3,(H,20,27)/t15-/m0/s1. The van der Waals surface area contributed by atoms with E-state index in [0.29, 0.717) is 13.1 Å². The third kappa shape index (κ3) is 3.27. The summed E-state index contributed by atoms with van der Waals surface area (Å²) in [6.07, 6.45) is 3.82. The van der Waals surface area contributed by atoms with Crippen molar-refractivity contribution in [3.8, 4) is 0 Å². The molecule has 0 bridgehead atoms. The Hall–Kier alpha value is -2.90. The van der Waals surface area contributed by atoms with Crippen LogP contribution in [0.25, 0.3) is 5.65 Å². The Bertz CT molecular complexity index is 974. The number of hydrogen-bond donors (Lipinski definition) is 1. The van der Waals surface area contributed by atoms with Gasteiger partial charge in [-0.05, 0) is 38.8 Å². The third-order valence-corrected chi connectivity index (χ3v) is 5.47. The minimum absolute atomic E-state index is 0.0490. The highest BCUT2D eigenvalue weighted by molar-refractivity contribution is 5.79. The maximum atomic E-state index is 12.8. The van der Waals surface area contributed by atoms with E-state index in [1.165, 1.54) is 0 Å². The average molecular weight is 367 g/mol. The van der Waals surface area contributed by atoms with Crippen LogP contribution < -0.4 is 10.2 Å². The fourth-order valence-electron chi connectivity index (χ4n) is 3.81. The molecule has 27 heavy (non-hydrogen) atoms. The monoisotopic (exact) mass is 367 g/mol. The maximum Gasteiger partial charge on any atom is 0.231 e. The van der Waals surface area contributed by atoms with Gasteiger partial charge in [-0.2, -0.15) is 5.10 Å². The molecule has 3 aromatic rings. The number of amides is 1. The number of nitrogens with zero attached hydrogens (tertiary/aromatic N) is 6. The van der Waals surface area contributed by atoms with E-state index in [0.717, 1.165) is 47.9 Å². The molecule has 8 nitrogen and oxygen atoms in total. The van der Waals surface area contributed by atoms with Crippen LogP contribution in [-0.2, 0) is 18.4 Å². The number of fused-ring (bicyclic) bond motifs is 1. The Morgan fingerprint density at radius 3 is 2.93 bits per heavy atom. The van der Waals surface area contributed by atoms with Crippen LogP contribution in [0.2, 0.25) is 0 Å². The quantitative estimate of drug-likeness (QED) is 0.758. The molecule has 142 valence electrons. The largest absolute Gasteiger partial charge is 0.352 e. The molecular weight excluding hydrogens is 342 g/mol. The van der Waals surface area contributed by atoms with Gasteiger partial charge in [-0.15, -0.1) is 10.2 Å². The first-order chi connectivity index (χ1) is 13.0. The van der Waals surface area contributed by atoms with Gasteiger partial charge in [-0.1, -0.05) is 6.07 Å². The normalized spacial score (nSPS) is 17.4. The molecule has 1 fully saturated rings. The van der Waals surface area contributed by atoms with E-state index < -0.39 is 0 Å². The van der Waals surface area contributed by atoms with Gasteiger partial charge in [-0.3, -0.25) is 13.9 Å². The highest BCUT2D eigenvalue weighted by Crippen LogP contribution is 2.23. The second kappa shape index (κ2) is 7.02. The number of anilines is 1. The van der Waals surface area contributed by atoms with Gasteiger partial charge in [0, 0.05) is 44.1 Å². The summed E-state index contributed by atoms with van der Waals surface area (Å²) in [5.41, 5.74) is 3.98. The van der Waals surface area contributed by atoms with E-state index >= 15 is 0 Å². The maximum absolute atomic E-state index is 12.8. The van der Waals surface area contributed by atoms with E-state index in [1.807, 2.05) is 54.4 Å². The van der Waals surface area contributed by atoms with Crippen LogP contribution >= 0.6 is 0 Å². The van der Waals surface area contributed by atoms with Crippen molar-refractivity contribution in [3.05, 3.63) is 41.3 Å². The predicted octanol–water partition coefficient (Wildman–Crippen LogP) is 1.61. The zero-order valence-corrected chi connectivity index (χ0v) is 16.0. The first kappa shape index (κ1) is 17.5. The molecule has 4 rings (SSSR count). The van der Waals surface area contributed by atoms with Crippen LogP contribution in [0.1, 0.15) is 29.8 Å². The smallest absolute Gasteiger partial charge is 0.231 e. The van der Waals surface area contributed by atoms with E-state index in [1.54, 1.807) is 0 Å². The molecule has 1 amide bonds. The first-order valence-electron chi connectivity index (χ1n) is 9.36. The lowest BCUT2D eigenvalue weighted by Crippen LogP contribution is -2.43. The fraction of sp³-hybridized carbons (Fsp3) is 0.474. The van der Waals surface area contributed by atoms with Gasteiger partial charge >= 0.3 is 0 Å². The van der Waals surface area contributed by atoms with E-state index in [2.05, 4.69) is 25.5 Å². The summed E-state index contributed by atoms with van der Waals surface area (Å²) in [6, 6.07) is 5.85. The number of pyridine rings is 1. The summed E-state index contributed by atoms with van der Waals surface area (Å²) >= 11 is 0. The lowest BCUT2D eigenvalue weighted by molar-refractivity contribution is -0.125. The number of aryl methyl sites for hydroxylation is 2. The lowest BCUT2D eigenvalue weighted by atomic mass is 9.97. The second-order valence-electron chi connectivity index (χ2n) is 7.20. The molecule has 1 atom stereocenters. The second-order valence-corrected chi connectivity index (χ2v) is 7.20. The zero-order valence-electron chi connectivity index (χ0n) is 16.0. The van der Waals surface area contributed by atoms with Crippen molar-refractivity contribution in [2.45, 2.75) is 33.2 Å². The Labute approximate surface area is 158 Å². The van der Waals surface area contributed by atoms with Crippen LogP contribution in [0.4, 0.5) is 5.95 Å². The van der Waals surface area contributed by atoms with Crippen LogP contribution in [0, 0.1) is 19.8 Å². The van der Waals surface area contributed by atoms with Gasteiger partial charge < -0.3 is 10.2 Å². The van der Waals surface area contributed by atoms with Crippen LogP contribution in [0.5, 0.6) is 0 Å². The van der Waals surface area contributed by atoms with E-state index in [9.17, 15) is 4.79 Å². The van der Waals surface area contributed by atoms with Crippen molar-refractivity contribution in [3.63, 3.8) is 0 Å². The Morgan fingerprint density at radius 2 is 2.15 bits per heavy atom. The van der Waals surface area contributed by atoms with Gasteiger partial charge in [-0.25, -0.2) is 0 Å². The van der Waals surface area contributed by atoms with Crippen LogP contribution in [0.15, 0.2) is 24.4 Å². The molecule has 1 aliphatic heterocycles. The molecule has 1 aliphatic rings. The lowest BCUT2D eigenvalue weighted by Gasteiger charge is -2.32. The van der Waals surface area contributed by atoms with Gasteiger partial charge in [0.1, 0.15) is 0 Å². The van der Waals surface area contributed by atoms with Gasteiger partial charge in [0.15, 0.2) is 5.65 Å². The Balaban J connectivity index is 1.44. The molecule has 3 aromatic heterocycles. The molecule has 1 N–H and O–H groups in total.